The van der Waals surface area contributed by atoms with Gasteiger partial charge in [0.05, 0.1) is 11.6 Å². The van der Waals surface area contributed by atoms with E-state index >= 15 is 0 Å². The van der Waals surface area contributed by atoms with Gasteiger partial charge in [-0.25, -0.2) is 8.78 Å². The number of likely N-dealkylation sites (N-methyl/N-ethyl adjacent to an activating group) is 1. The standard InChI is InChI=1S/C15H21F2NOS/c1-10(7-8-20-4)18(3)11(2)15(19)13-6-5-12(16)9-14(13)17/h5-6,9-11H,7-8H2,1-4H3. The van der Waals surface area contributed by atoms with Gasteiger partial charge < -0.3 is 0 Å². The van der Waals surface area contributed by atoms with Gasteiger partial charge in [0.15, 0.2) is 5.78 Å². The average molecular weight is 301 g/mol. The number of hydrogen-bond acceptors (Lipinski definition) is 3. The molecule has 0 bridgehead atoms. The highest BCUT2D eigenvalue weighted by molar-refractivity contribution is 7.98. The SMILES string of the molecule is CSCCC(C)N(C)C(C)C(=O)c1ccc(F)cc1F. The van der Waals surface area contributed by atoms with Crippen LogP contribution in [0.3, 0.4) is 0 Å². The highest BCUT2D eigenvalue weighted by Crippen LogP contribution is 2.16. The van der Waals surface area contributed by atoms with Gasteiger partial charge in [-0.05, 0) is 51.5 Å². The van der Waals surface area contributed by atoms with Gasteiger partial charge in [-0.3, -0.25) is 9.69 Å². The van der Waals surface area contributed by atoms with Crippen molar-refractivity contribution in [3.8, 4) is 0 Å². The fraction of sp³-hybridized carbons (Fsp3) is 0.533. The van der Waals surface area contributed by atoms with Gasteiger partial charge in [-0.15, -0.1) is 0 Å². The molecule has 2 unspecified atom stereocenters. The van der Waals surface area contributed by atoms with E-state index in [1.54, 1.807) is 18.7 Å². The van der Waals surface area contributed by atoms with Crippen molar-refractivity contribution in [1.29, 1.82) is 0 Å². The van der Waals surface area contributed by atoms with Crippen molar-refractivity contribution in [2.75, 3.05) is 19.1 Å². The molecule has 112 valence electrons. The Morgan fingerprint density at radius 3 is 2.55 bits per heavy atom. The van der Waals surface area contributed by atoms with Gasteiger partial charge in [0.1, 0.15) is 11.6 Å². The van der Waals surface area contributed by atoms with Crippen LogP contribution in [-0.4, -0.2) is 41.8 Å². The molecule has 0 amide bonds. The quantitative estimate of drug-likeness (QED) is 0.718. The van der Waals surface area contributed by atoms with E-state index in [1.807, 2.05) is 25.1 Å². The van der Waals surface area contributed by atoms with Crippen molar-refractivity contribution in [3.05, 3.63) is 35.4 Å². The molecule has 0 radical (unpaired) electrons. The molecular weight excluding hydrogens is 280 g/mol. The molecule has 20 heavy (non-hydrogen) atoms. The predicted molar refractivity (Wildman–Crippen MR) is 80.4 cm³/mol. The number of ketones is 1. The topological polar surface area (TPSA) is 20.3 Å². The fourth-order valence-corrected chi connectivity index (χ4v) is 2.55. The van der Waals surface area contributed by atoms with Crippen molar-refractivity contribution in [3.63, 3.8) is 0 Å². The normalized spacial score (nSPS) is 14.3. The Bertz CT molecular complexity index is 467. The molecule has 2 atom stereocenters. The summed E-state index contributed by atoms with van der Waals surface area (Å²) in [4.78, 5) is 14.2. The monoisotopic (exact) mass is 301 g/mol. The molecule has 5 heteroatoms. The zero-order valence-electron chi connectivity index (χ0n) is 12.3. The number of thioether (sulfide) groups is 1. The summed E-state index contributed by atoms with van der Waals surface area (Å²) in [6.45, 7) is 3.79. The van der Waals surface area contributed by atoms with Crippen LogP contribution in [-0.2, 0) is 0 Å². The second kappa shape index (κ2) is 7.74. The lowest BCUT2D eigenvalue weighted by atomic mass is 10.0. The molecule has 0 aliphatic rings. The van der Waals surface area contributed by atoms with E-state index in [0.717, 1.165) is 24.3 Å². The van der Waals surface area contributed by atoms with Gasteiger partial charge in [-0.1, -0.05) is 0 Å². The number of rotatable bonds is 7. The Hall–Kier alpha value is -0.940. The Morgan fingerprint density at radius 1 is 1.35 bits per heavy atom. The number of hydrogen-bond donors (Lipinski definition) is 0. The third kappa shape index (κ3) is 4.28. The Labute approximate surface area is 123 Å². The highest BCUT2D eigenvalue weighted by atomic mass is 32.2. The first-order valence-electron chi connectivity index (χ1n) is 6.58. The lowest BCUT2D eigenvalue weighted by Gasteiger charge is -2.30. The zero-order valence-corrected chi connectivity index (χ0v) is 13.1. The number of halogens is 2. The third-order valence-electron chi connectivity index (χ3n) is 3.62. The predicted octanol–water partition coefficient (Wildman–Crippen LogP) is 3.61. The van der Waals surface area contributed by atoms with Crippen molar-refractivity contribution in [2.24, 2.45) is 0 Å². The van der Waals surface area contributed by atoms with Gasteiger partial charge in [0.2, 0.25) is 0 Å². The van der Waals surface area contributed by atoms with E-state index in [1.165, 1.54) is 6.07 Å². The van der Waals surface area contributed by atoms with Crippen LogP contribution in [0.1, 0.15) is 30.6 Å². The van der Waals surface area contributed by atoms with E-state index < -0.39 is 17.7 Å². The smallest absolute Gasteiger partial charge is 0.182 e. The highest BCUT2D eigenvalue weighted by Gasteiger charge is 2.25. The molecule has 0 aliphatic heterocycles. The van der Waals surface area contributed by atoms with Crippen LogP contribution >= 0.6 is 11.8 Å². The lowest BCUT2D eigenvalue weighted by molar-refractivity contribution is 0.0820. The molecule has 0 aliphatic carbocycles. The van der Waals surface area contributed by atoms with E-state index in [-0.39, 0.29) is 17.4 Å². The summed E-state index contributed by atoms with van der Waals surface area (Å²) in [6.07, 6.45) is 3.00. The average Bonchev–Trinajstić information content (AvgIpc) is 2.42. The molecular formula is C15H21F2NOS. The summed E-state index contributed by atoms with van der Waals surface area (Å²) in [6, 6.07) is 2.86. The molecule has 2 nitrogen and oxygen atoms in total. The van der Waals surface area contributed by atoms with Gasteiger partial charge in [-0.2, -0.15) is 11.8 Å². The summed E-state index contributed by atoms with van der Waals surface area (Å²) in [5.41, 5.74) is -0.0529. The summed E-state index contributed by atoms with van der Waals surface area (Å²) >= 11 is 1.75. The maximum Gasteiger partial charge on any atom is 0.182 e. The summed E-state index contributed by atoms with van der Waals surface area (Å²) < 4.78 is 26.5. The first-order chi connectivity index (χ1) is 9.38. The maximum atomic E-state index is 13.6. The second-order valence-electron chi connectivity index (χ2n) is 4.96. The van der Waals surface area contributed by atoms with Crippen LogP contribution in [0.4, 0.5) is 8.78 Å². The lowest BCUT2D eigenvalue weighted by Crippen LogP contribution is -2.42. The van der Waals surface area contributed by atoms with E-state index in [9.17, 15) is 13.6 Å². The zero-order chi connectivity index (χ0) is 15.3. The number of carbonyl (C=O) groups excluding carboxylic acids is 1. The minimum absolute atomic E-state index is 0.0529. The van der Waals surface area contributed by atoms with Crippen molar-refractivity contribution in [1.82, 2.24) is 4.90 Å². The molecule has 0 heterocycles. The van der Waals surface area contributed by atoms with Crippen molar-refractivity contribution in [2.45, 2.75) is 32.4 Å². The number of Topliss-reactive ketones (excluding diaryl/α,β-unsaturated/α-hetero) is 1. The number of benzene rings is 1. The molecule has 0 N–H and O–H groups in total. The Balaban J connectivity index is 2.80. The third-order valence-corrected chi connectivity index (χ3v) is 4.27. The summed E-state index contributed by atoms with van der Waals surface area (Å²) in [5.74, 6) is -0.779. The Morgan fingerprint density at radius 2 is 2.00 bits per heavy atom. The molecule has 0 saturated carbocycles. The van der Waals surface area contributed by atoms with Crippen LogP contribution in [0.2, 0.25) is 0 Å². The summed E-state index contributed by atoms with van der Waals surface area (Å²) in [7, 11) is 1.86. The largest absolute Gasteiger partial charge is 0.294 e. The van der Waals surface area contributed by atoms with Crippen LogP contribution in [0.15, 0.2) is 18.2 Å². The van der Waals surface area contributed by atoms with Crippen LogP contribution in [0.5, 0.6) is 0 Å². The molecule has 1 rings (SSSR count). The molecule has 1 aromatic carbocycles. The first-order valence-corrected chi connectivity index (χ1v) is 7.98. The summed E-state index contributed by atoms with van der Waals surface area (Å²) in [5, 5.41) is 0. The van der Waals surface area contributed by atoms with Gasteiger partial charge >= 0.3 is 0 Å². The molecule has 0 saturated heterocycles. The Kier molecular flexibility index (Phi) is 6.62. The number of carbonyl (C=O) groups is 1. The minimum Gasteiger partial charge on any atom is -0.294 e. The second-order valence-corrected chi connectivity index (χ2v) is 5.95. The van der Waals surface area contributed by atoms with Crippen LogP contribution in [0.25, 0.3) is 0 Å². The molecule has 0 spiro atoms. The van der Waals surface area contributed by atoms with E-state index in [2.05, 4.69) is 0 Å². The molecule has 0 fully saturated rings. The maximum absolute atomic E-state index is 13.6. The van der Waals surface area contributed by atoms with Crippen LogP contribution in [0, 0.1) is 11.6 Å². The van der Waals surface area contributed by atoms with Gasteiger partial charge in [0.25, 0.3) is 0 Å². The van der Waals surface area contributed by atoms with Gasteiger partial charge in [0, 0.05) is 12.1 Å². The number of nitrogens with zero attached hydrogens (tertiary/aromatic N) is 1. The van der Waals surface area contributed by atoms with E-state index in [0.29, 0.717) is 0 Å². The van der Waals surface area contributed by atoms with Crippen molar-refractivity contribution < 1.29 is 13.6 Å². The fourth-order valence-electron chi connectivity index (χ4n) is 1.97. The van der Waals surface area contributed by atoms with E-state index in [4.69, 9.17) is 0 Å². The van der Waals surface area contributed by atoms with Crippen LogP contribution < -0.4 is 0 Å². The molecule has 0 aromatic heterocycles. The minimum atomic E-state index is -0.799. The first kappa shape index (κ1) is 17.1. The van der Waals surface area contributed by atoms with Crippen molar-refractivity contribution >= 4 is 17.5 Å². The molecule has 1 aromatic rings.